The highest BCUT2D eigenvalue weighted by Gasteiger charge is 2.19. The fourth-order valence-electron chi connectivity index (χ4n) is 1.66. The van der Waals surface area contributed by atoms with Crippen molar-refractivity contribution in [3.8, 4) is 0 Å². The molecule has 21 heavy (non-hydrogen) atoms. The number of nitrogens with one attached hydrogen (secondary N) is 1. The second kappa shape index (κ2) is 7.16. The van der Waals surface area contributed by atoms with Gasteiger partial charge in [-0.1, -0.05) is 0 Å². The third-order valence-corrected chi connectivity index (χ3v) is 3.24. The second-order valence-corrected chi connectivity index (χ2v) is 5.66. The number of nitro benzene ring substituents is 1. The first-order chi connectivity index (χ1) is 9.72. The molecule has 0 spiro atoms. The number of hydrogen-bond acceptors (Lipinski definition) is 4. The first-order valence-corrected chi connectivity index (χ1v) is 7.00. The highest BCUT2D eigenvalue weighted by atomic mass is 79.9. The van der Waals surface area contributed by atoms with E-state index in [1.165, 1.54) is 30.1 Å². The topological polar surface area (TPSA) is 92.6 Å². The number of carbonyl (C=O) groups is 2. The average Bonchev–Trinajstić information content (AvgIpc) is 2.36. The molecule has 0 aliphatic rings. The Bertz CT molecular complexity index is 575. The van der Waals surface area contributed by atoms with Gasteiger partial charge in [-0.05, 0) is 41.9 Å². The summed E-state index contributed by atoms with van der Waals surface area (Å²) >= 11 is 3.05. The molecule has 0 saturated heterocycles. The molecule has 2 amide bonds. The summed E-state index contributed by atoms with van der Waals surface area (Å²) in [5.41, 5.74) is -0.0365. The molecule has 1 N–H and O–H groups in total. The van der Waals surface area contributed by atoms with Crippen LogP contribution in [0, 0.1) is 10.1 Å². The molecular formula is C13H16BrN3O4. The van der Waals surface area contributed by atoms with Gasteiger partial charge in [0.25, 0.3) is 11.6 Å². The molecule has 0 unspecified atom stereocenters. The summed E-state index contributed by atoms with van der Waals surface area (Å²) in [4.78, 5) is 35.3. The molecule has 0 fully saturated rings. The predicted octanol–water partition coefficient (Wildman–Crippen LogP) is 1.95. The van der Waals surface area contributed by atoms with Gasteiger partial charge in [-0.15, -0.1) is 0 Å². The molecular weight excluding hydrogens is 342 g/mol. The number of nitro groups is 1. The van der Waals surface area contributed by atoms with Crippen molar-refractivity contribution >= 4 is 33.4 Å². The van der Waals surface area contributed by atoms with Gasteiger partial charge in [-0.3, -0.25) is 19.7 Å². The van der Waals surface area contributed by atoms with E-state index in [-0.39, 0.29) is 29.7 Å². The number of benzene rings is 1. The Hall–Kier alpha value is -1.96. The van der Waals surface area contributed by atoms with Gasteiger partial charge >= 0.3 is 0 Å². The van der Waals surface area contributed by atoms with Gasteiger partial charge in [0.2, 0.25) is 5.91 Å². The van der Waals surface area contributed by atoms with Crippen LogP contribution in [0.2, 0.25) is 0 Å². The Balaban J connectivity index is 2.86. The van der Waals surface area contributed by atoms with Gasteiger partial charge in [0.15, 0.2) is 0 Å². The highest BCUT2D eigenvalue weighted by Crippen LogP contribution is 2.26. The molecule has 8 heteroatoms. The van der Waals surface area contributed by atoms with Gasteiger partial charge in [-0.25, -0.2) is 0 Å². The van der Waals surface area contributed by atoms with Crippen molar-refractivity contribution in [3.05, 3.63) is 38.3 Å². The molecule has 0 saturated carbocycles. The first kappa shape index (κ1) is 17.1. The molecule has 0 atom stereocenters. The summed E-state index contributed by atoms with van der Waals surface area (Å²) in [5.74, 6) is -0.739. The van der Waals surface area contributed by atoms with Gasteiger partial charge in [0.1, 0.15) is 0 Å². The zero-order valence-corrected chi connectivity index (χ0v) is 13.5. The van der Waals surface area contributed by atoms with Crippen molar-refractivity contribution in [1.29, 1.82) is 0 Å². The number of halogens is 1. The van der Waals surface area contributed by atoms with Gasteiger partial charge in [-0.2, -0.15) is 0 Å². The Morgan fingerprint density at radius 3 is 2.57 bits per heavy atom. The minimum atomic E-state index is -0.577. The number of nitrogens with zero attached hydrogens (tertiary/aromatic N) is 2. The maximum absolute atomic E-state index is 12.2. The number of carbonyl (C=O) groups excluding carboxylic acids is 2. The van der Waals surface area contributed by atoms with Crippen LogP contribution < -0.4 is 5.32 Å². The lowest BCUT2D eigenvalue weighted by Crippen LogP contribution is -2.40. The van der Waals surface area contributed by atoms with Crippen LogP contribution in [-0.4, -0.2) is 41.3 Å². The van der Waals surface area contributed by atoms with Crippen molar-refractivity contribution in [2.24, 2.45) is 0 Å². The standard InChI is InChI=1S/C13H16BrN3O4/c1-8(2)15-12(18)7-16(3)13(19)9-4-5-10(14)11(6-9)17(20)21/h4-6,8H,7H2,1-3H3,(H,15,18). The fourth-order valence-corrected chi connectivity index (χ4v) is 2.05. The van der Waals surface area contributed by atoms with Crippen LogP contribution in [0.3, 0.4) is 0 Å². The molecule has 0 bridgehead atoms. The van der Waals surface area contributed by atoms with Crippen LogP contribution in [0.5, 0.6) is 0 Å². The lowest BCUT2D eigenvalue weighted by molar-refractivity contribution is -0.385. The number of likely N-dealkylation sites (N-methyl/N-ethyl adjacent to an activating group) is 1. The highest BCUT2D eigenvalue weighted by molar-refractivity contribution is 9.10. The van der Waals surface area contributed by atoms with Crippen molar-refractivity contribution in [2.75, 3.05) is 13.6 Å². The Morgan fingerprint density at radius 2 is 2.05 bits per heavy atom. The molecule has 0 aliphatic heterocycles. The van der Waals surface area contributed by atoms with E-state index in [0.29, 0.717) is 4.47 Å². The van der Waals surface area contributed by atoms with E-state index >= 15 is 0 Å². The minimum Gasteiger partial charge on any atom is -0.352 e. The largest absolute Gasteiger partial charge is 0.352 e. The van der Waals surface area contributed by atoms with Crippen LogP contribution in [0.25, 0.3) is 0 Å². The molecule has 1 aromatic rings. The summed E-state index contributed by atoms with van der Waals surface area (Å²) in [7, 11) is 1.47. The van der Waals surface area contributed by atoms with E-state index in [1.54, 1.807) is 0 Å². The van der Waals surface area contributed by atoms with Crippen LogP contribution >= 0.6 is 15.9 Å². The fraction of sp³-hybridized carbons (Fsp3) is 0.385. The quantitative estimate of drug-likeness (QED) is 0.643. The van der Waals surface area contributed by atoms with E-state index in [9.17, 15) is 19.7 Å². The second-order valence-electron chi connectivity index (χ2n) is 4.81. The molecule has 0 aromatic heterocycles. The number of hydrogen-bond donors (Lipinski definition) is 1. The molecule has 114 valence electrons. The van der Waals surface area contributed by atoms with Crippen molar-refractivity contribution in [3.63, 3.8) is 0 Å². The van der Waals surface area contributed by atoms with Crippen molar-refractivity contribution in [2.45, 2.75) is 19.9 Å². The zero-order chi connectivity index (χ0) is 16.2. The van der Waals surface area contributed by atoms with Gasteiger partial charge in [0.05, 0.1) is 15.9 Å². The summed E-state index contributed by atoms with van der Waals surface area (Å²) in [6.45, 7) is 3.52. The van der Waals surface area contributed by atoms with Crippen LogP contribution in [0.15, 0.2) is 22.7 Å². The lowest BCUT2D eigenvalue weighted by Gasteiger charge is -2.18. The number of rotatable bonds is 5. The lowest BCUT2D eigenvalue weighted by atomic mass is 10.2. The van der Waals surface area contributed by atoms with E-state index in [4.69, 9.17) is 0 Å². The van der Waals surface area contributed by atoms with Crippen LogP contribution in [-0.2, 0) is 4.79 Å². The monoisotopic (exact) mass is 357 g/mol. The molecule has 0 radical (unpaired) electrons. The van der Waals surface area contributed by atoms with Gasteiger partial charge < -0.3 is 10.2 Å². The van der Waals surface area contributed by atoms with Crippen molar-refractivity contribution < 1.29 is 14.5 Å². The SMILES string of the molecule is CC(C)NC(=O)CN(C)C(=O)c1ccc(Br)c([N+](=O)[O-])c1. The van der Waals surface area contributed by atoms with Crippen molar-refractivity contribution in [1.82, 2.24) is 10.2 Å². The maximum atomic E-state index is 12.2. The molecule has 1 aromatic carbocycles. The summed E-state index contributed by atoms with van der Waals surface area (Å²) in [5, 5.41) is 13.5. The first-order valence-electron chi connectivity index (χ1n) is 6.21. The maximum Gasteiger partial charge on any atom is 0.284 e. The summed E-state index contributed by atoms with van der Waals surface area (Å²) < 4.78 is 0.296. The molecule has 0 heterocycles. The average molecular weight is 358 g/mol. The zero-order valence-electron chi connectivity index (χ0n) is 11.9. The molecule has 7 nitrogen and oxygen atoms in total. The Kier molecular flexibility index (Phi) is 5.83. The molecule has 1 rings (SSSR count). The van der Waals surface area contributed by atoms with E-state index < -0.39 is 10.8 Å². The Morgan fingerprint density at radius 1 is 1.43 bits per heavy atom. The van der Waals surface area contributed by atoms with Crippen LogP contribution in [0.4, 0.5) is 5.69 Å². The van der Waals surface area contributed by atoms with Gasteiger partial charge in [0, 0.05) is 24.7 Å². The summed E-state index contributed by atoms with van der Waals surface area (Å²) in [6.07, 6.45) is 0. The molecule has 0 aliphatic carbocycles. The smallest absolute Gasteiger partial charge is 0.284 e. The third-order valence-electron chi connectivity index (χ3n) is 2.57. The number of amides is 2. The van der Waals surface area contributed by atoms with E-state index in [0.717, 1.165) is 0 Å². The minimum absolute atomic E-state index is 0.0187. The summed E-state index contributed by atoms with van der Waals surface area (Å²) in [6, 6.07) is 4.07. The predicted molar refractivity (Wildman–Crippen MR) is 81.0 cm³/mol. The van der Waals surface area contributed by atoms with Crippen LogP contribution in [0.1, 0.15) is 24.2 Å². The third kappa shape index (κ3) is 4.82. The Labute approximate surface area is 130 Å². The van der Waals surface area contributed by atoms with E-state index in [2.05, 4.69) is 21.2 Å². The van der Waals surface area contributed by atoms with E-state index in [1.807, 2.05) is 13.8 Å². The normalized spacial score (nSPS) is 10.3.